The van der Waals surface area contributed by atoms with Crippen molar-refractivity contribution in [2.24, 2.45) is 0 Å². The first kappa shape index (κ1) is 17.9. The van der Waals surface area contributed by atoms with E-state index < -0.39 is 0 Å². The summed E-state index contributed by atoms with van der Waals surface area (Å²) in [7, 11) is 0. The van der Waals surface area contributed by atoms with Crippen LogP contribution in [0.4, 0.5) is 0 Å². The zero-order valence-electron chi connectivity index (χ0n) is 14.9. The van der Waals surface area contributed by atoms with E-state index in [1.165, 1.54) is 11.1 Å². The molecule has 1 aromatic rings. The molecule has 0 saturated heterocycles. The summed E-state index contributed by atoms with van der Waals surface area (Å²) in [5, 5.41) is 0. The molecule has 0 aromatic heterocycles. The van der Waals surface area contributed by atoms with Crippen LogP contribution in [0.2, 0.25) is 0 Å². The molecule has 0 unspecified atom stereocenters. The molecule has 0 heterocycles. The van der Waals surface area contributed by atoms with Crippen LogP contribution in [0.1, 0.15) is 78.4 Å². The van der Waals surface area contributed by atoms with Gasteiger partial charge in [-0.1, -0.05) is 48.5 Å². The van der Waals surface area contributed by atoms with E-state index in [1.807, 2.05) is 0 Å². The lowest BCUT2D eigenvalue weighted by Crippen LogP contribution is -2.15. The molecular formula is C19H32O2. The minimum atomic E-state index is 0.0446. The van der Waals surface area contributed by atoms with Gasteiger partial charge in [0.05, 0.1) is 13.2 Å². The van der Waals surface area contributed by atoms with E-state index in [1.54, 1.807) is 0 Å². The Morgan fingerprint density at radius 3 is 1.86 bits per heavy atom. The van der Waals surface area contributed by atoms with Crippen LogP contribution in [-0.4, -0.2) is 13.2 Å². The summed E-state index contributed by atoms with van der Waals surface area (Å²) in [6.45, 7) is 16.9. The number of hydrogen-bond acceptors (Lipinski definition) is 2. The predicted molar refractivity (Wildman–Crippen MR) is 90.8 cm³/mol. The van der Waals surface area contributed by atoms with Crippen molar-refractivity contribution in [3.05, 3.63) is 23.3 Å². The molecule has 2 nitrogen and oxygen atoms in total. The Hall–Kier alpha value is -1.18. The van der Waals surface area contributed by atoms with Gasteiger partial charge in [0.15, 0.2) is 0 Å². The van der Waals surface area contributed by atoms with Crippen LogP contribution in [0, 0.1) is 0 Å². The summed E-state index contributed by atoms with van der Waals surface area (Å²) in [5.41, 5.74) is 2.51. The average Bonchev–Trinajstić information content (AvgIpc) is 2.41. The van der Waals surface area contributed by atoms with Gasteiger partial charge in [0.1, 0.15) is 11.5 Å². The van der Waals surface area contributed by atoms with Crippen molar-refractivity contribution < 1.29 is 9.47 Å². The molecule has 0 fully saturated rings. The lowest BCUT2D eigenvalue weighted by Gasteiger charge is -2.26. The van der Waals surface area contributed by atoms with Crippen molar-refractivity contribution in [3.8, 4) is 11.5 Å². The van der Waals surface area contributed by atoms with E-state index >= 15 is 0 Å². The third-order valence-electron chi connectivity index (χ3n) is 3.47. The van der Waals surface area contributed by atoms with Gasteiger partial charge in [-0.15, -0.1) is 0 Å². The highest BCUT2D eigenvalue weighted by molar-refractivity contribution is 5.50. The highest BCUT2D eigenvalue weighted by atomic mass is 16.5. The molecular weight excluding hydrogens is 260 g/mol. The lowest BCUT2D eigenvalue weighted by molar-refractivity contribution is 0.298. The van der Waals surface area contributed by atoms with Gasteiger partial charge in [-0.2, -0.15) is 0 Å². The summed E-state index contributed by atoms with van der Waals surface area (Å²) in [6.07, 6.45) is 2.05. The van der Waals surface area contributed by atoms with E-state index in [4.69, 9.17) is 9.47 Å². The molecule has 0 bridgehead atoms. The van der Waals surface area contributed by atoms with E-state index in [-0.39, 0.29) is 5.41 Å². The molecule has 0 saturated carbocycles. The van der Waals surface area contributed by atoms with Crippen LogP contribution < -0.4 is 9.47 Å². The molecule has 0 N–H and O–H groups in total. The highest BCUT2D eigenvalue weighted by Gasteiger charge is 2.23. The van der Waals surface area contributed by atoms with Gasteiger partial charge in [-0.3, -0.25) is 0 Å². The molecule has 2 heteroatoms. The summed E-state index contributed by atoms with van der Waals surface area (Å²) < 4.78 is 12.0. The highest BCUT2D eigenvalue weighted by Crippen LogP contribution is 2.39. The van der Waals surface area contributed by atoms with Crippen molar-refractivity contribution >= 4 is 0 Å². The Balaban J connectivity index is 3.31. The maximum Gasteiger partial charge on any atom is 0.123 e. The van der Waals surface area contributed by atoms with Gasteiger partial charge in [-0.25, -0.2) is 0 Å². The van der Waals surface area contributed by atoms with Crippen LogP contribution in [-0.2, 0) is 5.41 Å². The lowest BCUT2D eigenvalue weighted by atomic mass is 9.84. The number of hydrogen-bond donors (Lipinski definition) is 0. The Morgan fingerprint density at radius 2 is 1.43 bits per heavy atom. The molecule has 0 aliphatic carbocycles. The second kappa shape index (κ2) is 7.72. The molecule has 120 valence electrons. The fourth-order valence-electron chi connectivity index (χ4n) is 2.28. The fourth-order valence-corrected chi connectivity index (χ4v) is 2.28. The van der Waals surface area contributed by atoms with Gasteiger partial charge < -0.3 is 9.47 Å². The zero-order chi connectivity index (χ0) is 16.0. The van der Waals surface area contributed by atoms with E-state index in [0.29, 0.717) is 5.92 Å². The maximum absolute atomic E-state index is 6.01. The van der Waals surface area contributed by atoms with Crippen LogP contribution in [0.5, 0.6) is 11.5 Å². The van der Waals surface area contributed by atoms with Gasteiger partial charge in [0.25, 0.3) is 0 Å². The quantitative estimate of drug-likeness (QED) is 0.643. The monoisotopic (exact) mass is 292 g/mol. The maximum atomic E-state index is 6.01. The minimum Gasteiger partial charge on any atom is -0.493 e. The molecule has 1 aromatic carbocycles. The van der Waals surface area contributed by atoms with Crippen LogP contribution in [0.15, 0.2) is 12.1 Å². The molecule has 0 amide bonds. The SMILES string of the molecule is CCCOc1cc(C(C)(C)C)c(OCCC)cc1C(C)C. The Morgan fingerprint density at radius 1 is 0.905 bits per heavy atom. The molecule has 1 rings (SSSR count). The van der Waals surface area contributed by atoms with Gasteiger partial charge in [0.2, 0.25) is 0 Å². The standard InChI is InChI=1S/C19H32O2/c1-8-10-20-17-13-16(19(5,6)7)18(21-11-9-2)12-15(17)14(3)4/h12-14H,8-11H2,1-7H3. The topological polar surface area (TPSA) is 18.5 Å². The Kier molecular flexibility index (Phi) is 6.57. The molecule has 0 aliphatic rings. The first-order valence-electron chi connectivity index (χ1n) is 8.25. The Bertz CT molecular complexity index is 442. The van der Waals surface area contributed by atoms with E-state index in [0.717, 1.165) is 37.6 Å². The van der Waals surface area contributed by atoms with Crippen molar-refractivity contribution in [2.75, 3.05) is 13.2 Å². The molecule has 0 radical (unpaired) electrons. The molecule has 0 aliphatic heterocycles. The molecule has 0 atom stereocenters. The van der Waals surface area contributed by atoms with E-state index in [9.17, 15) is 0 Å². The van der Waals surface area contributed by atoms with Gasteiger partial charge in [-0.05, 0) is 36.3 Å². The van der Waals surface area contributed by atoms with Crippen molar-refractivity contribution in [1.82, 2.24) is 0 Å². The fraction of sp³-hybridized carbons (Fsp3) is 0.684. The van der Waals surface area contributed by atoms with Crippen molar-refractivity contribution in [3.63, 3.8) is 0 Å². The first-order chi connectivity index (χ1) is 9.81. The van der Waals surface area contributed by atoms with Gasteiger partial charge >= 0.3 is 0 Å². The zero-order valence-corrected chi connectivity index (χ0v) is 14.9. The summed E-state index contributed by atoms with van der Waals surface area (Å²) >= 11 is 0. The summed E-state index contributed by atoms with van der Waals surface area (Å²) in [6, 6.07) is 4.38. The van der Waals surface area contributed by atoms with Crippen LogP contribution in [0.3, 0.4) is 0 Å². The van der Waals surface area contributed by atoms with Crippen molar-refractivity contribution in [2.45, 2.75) is 72.6 Å². The molecule has 0 spiro atoms. The predicted octanol–water partition coefficient (Wildman–Crippen LogP) is 5.69. The van der Waals surface area contributed by atoms with Crippen LogP contribution in [0.25, 0.3) is 0 Å². The third-order valence-corrected chi connectivity index (χ3v) is 3.47. The smallest absolute Gasteiger partial charge is 0.123 e. The summed E-state index contributed by atoms with van der Waals surface area (Å²) in [4.78, 5) is 0. The second-order valence-electron chi connectivity index (χ2n) is 6.99. The first-order valence-corrected chi connectivity index (χ1v) is 8.25. The number of benzene rings is 1. The van der Waals surface area contributed by atoms with Crippen molar-refractivity contribution in [1.29, 1.82) is 0 Å². The third kappa shape index (κ3) is 4.94. The van der Waals surface area contributed by atoms with Gasteiger partial charge in [0, 0.05) is 11.1 Å². The van der Waals surface area contributed by atoms with Crippen LogP contribution >= 0.6 is 0 Å². The van der Waals surface area contributed by atoms with E-state index in [2.05, 4.69) is 60.6 Å². The normalized spacial score (nSPS) is 11.8. The molecule has 21 heavy (non-hydrogen) atoms. The Labute approximate surface area is 130 Å². The number of rotatable bonds is 7. The summed E-state index contributed by atoms with van der Waals surface area (Å²) in [5.74, 6) is 2.45. The average molecular weight is 292 g/mol. The second-order valence-corrected chi connectivity index (χ2v) is 6.99. The number of ether oxygens (including phenoxy) is 2. The largest absolute Gasteiger partial charge is 0.493 e. The minimum absolute atomic E-state index is 0.0446.